The van der Waals surface area contributed by atoms with Gasteiger partial charge in [0.15, 0.2) is 0 Å². The van der Waals surface area contributed by atoms with Crippen LogP contribution in [0.25, 0.3) is 0 Å². The summed E-state index contributed by atoms with van der Waals surface area (Å²) in [5.74, 6) is 0. The number of pyridine rings is 1. The number of rotatable bonds is 5. The van der Waals surface area contributed by atoms with Gasteiger partial charge in [-0.05, 0) is 55.3 Å². The molecule has 1 rings (SSSR count). The third-order valence-corrected chi connectivity index (χ3v) is 3.00. The number of aliphatic hydroxyl groups excluding tert-OH is 2. The van der Waals surface area contributed by atoms with Gasteiger partial charge < -0.3 is 20.3 Å². The molecule has 118 valence electrons. The van der Waals surface area contributed by atoms with Crippen molar-refractivity contribution in [2.75, 3.05) is 6.54 Å². The van der Waals surface area contributed by atoms with Crippen LogP contribution in [0.3, 0.4) is 0 Å². The predicted octanol–water partition coefficient (Wildman–Crippen LogP) is 2.15. The molecule has 7 heteroatoms. The van der Waals surface area contributed by atoms with Crippen molar-refractivity contribution in [3.8, 4) is 0 Å². The lowest BCUT2D eigenvalue weighted by Gasteiger charge is -2.21. The van der Waals surface area contributed by atoms with Crippen LogP contribution in [0.1, 0.15) is 39.0 Å². The van der Waals surface area contributed by atoms with Crippen molar-refractivity contribution in [2.24, 2.45) is 0 Å². The fraction of sp³-hybridized carbons (Fsp3) is 0.571. The number of nitrogens with zero attached hydrogens (tertiary/aromatic N) is 1. The van der Waals surface area contributed by atoms with Crippen LogP contribution in [-0.2, 0) is 4.74 Å². The fourth-order valence-electron chi connectivity index (χ4n) is 1.55. The van der Waals surface area contributed by atoms with E-state index in [9.17, 15) is 15.0 Å². The molecule has 1 amide bonds. The fourth-order valence-corrected chi connectivity index (χ4v) is 1.79. The van der Waals surface area contributed by atoms with E-state index in [-0.39, 0.29) is 13.0 Å². The van der Waals surface area contributed by atoms with Gasteiger partial charge in [0, 0.05) is 17.2 Å². The van der Waals surface area contributed by atoms with Crippen LogP contribution in [-0.4, -0.2) is 39.5 Å². The van der Waals surface area contributed by atoms with Crippen LogP contribution in [0.2, 0.25) is 0 Å². The van der Waals surface area contributed by atoms with Crippen molar-refractivity contribution in [3.05, 3.63) is 28.5 Å². The summed E-state index contributed by atoms with van der Waals surface area (Å²) < 4.78 is 5.86. The summed E-state index contributed by atoms with van der Waals surface area (Å²) in [5.41, 5.74) is -0.188. The molecular weight excluding hydrogens is 340 g/mol. The molecule has 21 heavy (non-hydrogen) atoms. The molecule has 0 radical (unpaired) electrons. The Morgan fingerprint density at radius 1 is 1.43 bits per heavy atom. The highest BCUT2D eigenvalue weighted by molar-refractivity contribution is 9.10. The molecule has 0 aliphatic rings. The van der Waals surface area contributed by atoms with Crippen LogP contribution in [0.5, 0.6) is 0 Å². The SMILES string of the molecule is CC(C)(C)OC(=O)NCCC(O)C(O)c1ccc(Br)cn1. The van der Waals surface area contributed by atoms with E-state index in [2.05, 4.69) is 26.2 Å². The van der Waals surface area contributed by atoms with Gasteiger partial charge in [-0.25, -0.2) is 4.79 Å². The minimum Gasteiger partial charge on any atom is -0.444 e. The highest BCUT2D eigenvalue weighted by atomic mass is 79.9. The topological polar surface area (TPSA) is 91.7 Å². The Labute approximate surface area is 132 Å². The van der Waals surface area contributed by atoms with E-state index in [0.29, 0.717) is 5.69 Å². The van der Waals surface area contributed by atoms with Crippen molar-refractivity contribution in [2.45, 2.75) is 45.0 Å². The number of carbonyl (C=O) groups excluding carboxylic acids is 1. The Balaban J connectivity index is 2.38. The van der Waals surface area contributed by atoms with Crippen LogP contribution in [0.4, 0.5) is 4.79 Å². The number of hydrogen-bond donors (Lipinski definition) is 3. The number of aliphatic hydroxyl groups is 2. The van der Waals surface area contributed by atoms with Crippen molar-refractivity contribution in [1.29, 1.82) is 0 Å². The number of carbonyl (C=O) groups is 1. The van der Waals surface area contributed by atoms with Crippen molar-refractivity contribution in [3.63, 3.8) is 0 Å². The largest absolute Gasteiger partial charge is 0.444 e. The van der Waals surface area contributed by atoms with Crippen LogP contribution < -0.4 is 5.32 Å². The maximum atomic E-state index is 11.4. The van der Waals surface area contributed by atoms with Gasteiger partial charge in [0.25, 0.3) is 0 Å². The third-order valence-electron chi connectivity index (χ3n) is 2.53. The molecule has 2 atom stereocenters. The second-order valence-corrected chi connectivity index (χ2v) is 6.55. The molecule has 3 N–H and O–H groups in total. The van der Waals surface area contributed by atoms with Gasteiger partial charge in [-0.3, -0.25) is 4.98 Å². The zero-order valence-electron chi connectivity index (χ0n) is 12.3. The Bertz CT molecular complexity index is 459. The van der Waals surface area contributed by atoms with Crippen LogP contribution in [0.15, 0.2) is 22.8 Å². The number of aromatic nitrogens is 1. The van der Waals surface area contributed by atoms with E-state index in [4.69, 9.17) is 4.74 Å². The van der Waals surface area contributed by atoms with E-state index in [1.807, 2.05) is 0 Å². The van der Waals surface area contributed by atoms with Gasteiger partial charge in [0.1, 0.15) is 11.7 Å². The van der Waals surface area contributed by atoms with Crippen molar-refractivity contribution >= 4 is 22.0 Å². The highest BCUT2D eigenvalue weighted by Gasteiger charge is 2.20. The summed E-state index contributed by atoms with van der Waals surface area (Å²) in [6.07, 6.45) is -0.930. The molecule has 0 aliphatic carbocycles. The number of nitrogens with one attached hydrogen (secondary N) is 1. The van der Waals surface area contributed by atoms with Gasteiger partial charge in [0.2, 0.25) is 0 Å². The average Bonchev–Trinajstić information content (AvgIpc) is 2.36. The Kier molecular flexibility index (Phi) is 6.57. The second-order valence-electron chi connectivity index (χ2n) is 5.63. The summed E-state index contributed by atoms with van der Waals surface area (Å²) in [5, 5.41) is 22.4. The predicted molar refractivity (Wildman–Crippen MR) is 81.8 cm³/mol. The molecule has 0 bridgehead atoms. The summed E-state index contributed by atoms with van der Waals surface area (Å²) in [7, 11) is 0. The first-order valence-corrected chi connectivity index (χ1v) is 7.43. The first kappa shape index (κ1) is 17.9. The third kappa shape index (κ3) is 6.88. The minimum atomic E-state index is -1.10. The molecule has 6 nitrogen and oxygen atoms in total. The molecule has 0 spiro atoms. The molecule has 1 aromatic heterocycles. The van der Waals surface area contributed by atoms with Crippen LogP contribution >= 0.6 is 15.9 Å². The maximum absolute atomic E-state index is 11.4. The Hall–Kier alpha value is -1.18. The van der Waals surface area contributed by atoms with Crippen LogP contribution in [0, 0.1) is 0 Å². The van der Waals surface area contributed by atoms with E-state index in [1.54, 1.807) is 39.1 Å². The minimum absolute atomic E-state index is 0.193. The van der Waals surface area contributed by atoms with E-state index in [1.165, 1.54) is 0 Å². The van der Waals surface area contributed by atoms with Gasteiger partial charge in [-0.15, -0.1) is 0 Å². The molecule has 2 unspecified atom stereocenters. The van der Waals surface area contributed by atoms with Gasteiger partial charge >= 0.3 is 6.09 Å². The van der Waals surface area contributed by atoms with E-state index in [0.717, 1.165) is 4.47 Å². The molecule has 0 saturated carbocycles. The zero-order valence-corrected chi connectivity index (χ0v) is 13.9. The highest BCUT2D eigenvalue weighted by Crippen LogP contribution is 2.18. The molecule has 1 aromatic rings. The monoisotopic (exact) mass is 360 g/mol. The first-order chi connectivity index (χ1) is 9.69. The number of hydrogen-bond acceptors (Lipinski definition) is 5. The molecule has 0 aliphatic heterocycles. The lowest BCUT2D eigenvalue weighted by molar-refractivity contribution is 0.00992. The molecule has 0 aromatic carbocycles. The summed E-state index contributed by atoms with van der Waals surface area (Å²) in [6.45, 7) is 5.50. The number of alkyl carbamates (subject to hydrolysis) is 1. The van der Waals surface area contributed by atoms with Gasteiger partial charge in [-0.1, -0.05) is 0 Å². The smallest absolute Gasteiger partial charge is 0.407 e. The van der Waals surface area contributed by atoms with Crippen molar-refractivity contribution < 1.29 is 19.7 Å². The van der Waals surface area contributed by atoms with Crippen molar-refractivity contribution in [1.82, 2.24) is 10.3 Å². The zero-order chi connectivity index (χ0) is 16.0. The quantitative estimate of drug-likeness (QED) is 0.748. The first-order valence-electron chi connectivity index (χ1n) is 6.63. The Morgan fingerprint density at radius 3 is 2.62 bits per heavy atom. The van der Waals surface area contributed by atoms with E-state index < -0.39 is 23.9 Å². The Morgan fingerprint density at radius 2 is 2.10 bits per heavy atom. The second kappa shape index (κ2) is 7.72. The molecule has 0 fully saturated rings. The summed E-state index contributed by atoms with van der Waals surface area (Å²) in [6, 6.07) is 3.36. The maximum Gasteiger partial charge on any atom is 0.407 e. The molecule has 0 saturated heterocycles. The number of ether oxygens (including phenoxy) is 1. The average molecular weight is 361 g/mol. The standard InChI is InChI=1S/C14H21BrN2O4/c1-14(2,3)21-13(20)16-7-6-11(18)12(19)10-5-4-9(15)8-17-10/h4-5,8,11-12,18-19H,6-7H2,1-3H3,(H,16,20). The summed E-state index contributed by atoms with van der Waals surface area (Å²) in [4.78, 5) is 15.4. The lowest BCUT2D eigenvalue weighted by atomic mass is 10.1. The normalized spacial score (nSPS) is 14.4. The number of halogens is 1. The van der Waals surface area contributed by atoms with Gasteiger partial charge in [0.05, 0.1) is 11.8 Å². The molecular formula is C14H21BrN2O4. The van der Waals surface area contributed by atoms with Gasteiger partial charge in [-0.2, -0.15) is 0 Å². The molecule has 1 heterocycles. The summed E-state index contributed by atoms with van der Waals surface area (Å²) >= 11 is 3.25. The number of amides is 1. The van der Waals surface area contributed by atoms with E-state index >= 15 is 0 Å². The lowest BCUT2D eigenvalue weighted by Crippen LogP contribution is -2.34.